The lowest BCUT2D eigenvalue weighted by atomic mass is 10.2. The number of hydrogen-bond donors (Lipinski definition) is 2. The van der Waals surface area contributed by atoms with Crippen LogP contribution < -0.4 is 11.1 Å². The summed E-state index contributed by atoms with van der Waals surface area (Å²) in [5.41, 5.74) is 8.25. The molecule has 94 valence electrons. The van der Waals surface area contributed by atoms with Gasteiger partial charge in [-0.05, 0) is 44.6 Å². The second-order valence-corrected chi connectivity index (χ2v) is 4.36. The molecule has 0 atom stereocenters. The monoisotopic (exact) mass is 235 g/mol. The highest BCUT2D eigenvalue weighted by Gasteiger charge is 2.06. The van der Waals surface area contributed by atoms with Gasteiger partial charge in [0.25, 0.3) is 0 Å². The molecule has 1 aromatic rings. The number of anilines is 2. The SMILES string of the molecule is CCCN(C)CC(=O)Nc1ccc(C)c(N)c1. The molecule has 0 aliphatic carbocycles. The van der Waals surface area contributed by atoms with E-state index in [-0.39, 0.29) is 5.91 Å². The minimum absolute atomic E-state index is 0.01000. The number of amides is 1. The van der Waals surface area contributed by atoms with Gasteiger partial charge in [0.05, 0.1) is 6.54 Å². The summed E-state index contributed by atoms with van der Waals surface area (Å²) in [5, 5.41) is 2.84. The molecular formula is C13H21N3O. The predicted molar refractivity (Wildman–Crippen MR) is 72.0 cm³/mol. The molecule has 0 radical (unpaired) electrons. The molecule has 17 heavy (non-hydrogen) atoms. The number of nitrogens with one attached hydrogen (secondary N) is 1. The molecule has 0 heterocycles. The highest BCUT2D eigenvalue weighted by Crippen LogP contribution is 2.16. The van der Waals surface area contributed by atoms with Crippen LogP contribution in [0.3, 0.4) is 0 Å². The Morgan fingerprint density at radius 1 is 1.47 bits per heavy atom. The first-order chi connectivity index (χ1) is 8.02. The summed E-state index contributed by atoms with van der Waals surface area (Å²) in [6.07, 6.45) is 1.04. The molecule has 0 aliphatic rings. The summed E-state index contributed by atoms with van der Waals surface area (Å²) in [4.78, 5) is 13.7. The van der Waals surface area contributed by atoms with E-state index >= 15 is 0 Å². The van der Waals surface area contributed by atoms with E-state index in [0.717, 1.165) is 24.2 Å². The zero-order chi connectivity index (χ0) is 12.8. The van der Waals surface area contributed by atoms with Crippen molar-refractivity contribution < 1.29 is 4.79 Å². The Labute approximate surface area is 103 Å². The van der Waals surface area contributed by atoms with Crippen molar-refractivity contribution >= 4 is 17.3 Å². The Kier molecular flexibility index (Phi) is 4.97. The van der Waals surface area contributed by atoms with E-state index in [9.17, 15) is 4.79 Å². The first kappa shape index (κ1) is 13.5. The van der Waals surface area contributed by atoms with Gasteiger partial charge in [0.15, 0.2) is 0 Å². The summed E-state index contributed by atoms with van der Waals surface area (Å²) in [5.74, 6) is -0.01000. The molecule has 0 bridgehead atoms. The van der Waals surface area contributed by atoms with Gasteiger partial charge in [0, 0.05) is 11.4 Å². The fourth-order valence-corrected chi connectivity index (χ4v) is 1.62. The zero-order valence-corrected chi connectivity index (χ0v) is 10.8. The number of nitrogens with two attached hydrogens (primary N) is 1. The molecule has 0 aromatic heterocycles. The predicted octanol–water partition coefficient (Wildman–Crippen LogP) is 1.86. The van der Waals surface area contributed by atoms with E-state index in [1.807, 2.05) is 31.0 Å². The number of nitrogens with zero attached hydrogens (tertiary/aromatic N) is 1. The van der Waals surface area contributed by atoms with Gasteiger partial charge >= 0.3 is 0 Å². The van der Waals surface area contributed by atoms with Gasteiger partial charge in [-0.3, -0.25) is 9.69 Å². The number of nitrogen functional groups attached to an aromatic ring is 1. The molecule has 4 nitrogen and oxygen atoms in total. The summed E-state index contributed by atoms with van der Waals surface area (Å²) in [6.45, 7) is 5.36. The minimum atomic E-state index is -0.01000. The Morgan fingerprint density at radius 3 is 2.76 bits per heavy atom. The molecule has 1 rings (SSSR count). The molecular weight excluding hydrogens is 214 g/mol. The number of carbonyl (C=O) groups is 1. The summed E-state index contributed by atoms with van der Waals surface area (Å²) in [6, 6.07) is 5.55. The molecule has 3 N–H and O–H groups in total. The number of likely N-dealkylation sites (N-methyl/N-ethyl adjacent to an activating group) is 1. The molecule has 0 aliphatic heterocycles. The van der Waals surface area contributed by atoms with Crippen molar-refractivity contribution in [3.05, 3.63) is 23.8 Å². The fourth-order valence-electron chi connectivity index (χ4n) is 1.62. The lowest BCUT2D eigenvalue weighted by Gasteiger charge is -2.15. The Morgan fingerprint density at radius 2 is 2.18 bits per heavy atom. The number of benzene rings is 1. The van der Waals surface area contributed by atoms with Gasteiger partial charge in [-0.15, -0.1) is 0 Å². The van der Waals surface area contributed by atoms with E-state index in [1.165, 1.54) is 0 Å². The van der Waals surface area contributed by atoms with E-state index in [4.69, 9.17) is 5.73 Å². The first-order valence-corrected chi connectivity index (χ1v) is 5.87. The summed E-state index contributed by atoms with van der Waals surface area (Å²) in [7, 11) is 1.94. The highest BCUT2D eigenvalue weighted by atomic mass is 16.2. The van der Waals surface area contributed by atoms with Crippen LogP contribution in [-0.4, -0.2) is 30.9 Å². The van der Waals surface area contributed by atoms with Crippen LogP contribution in [0.4, 0.5) is 11.4 Å². The van der Waals surface area contributed by atoms with Gasteiger partial charge in [-0.25, -0.2) is 0 Å². The lowest BCUT2D eigenvalue weighted by molar-refractivity contribution is -0.117. The van der Waals surface area contributed by atoms with Crippen LogP contribution >= 0.6 is 0 Å². The molecule has 4 heteroatoms. The normalized spacial score (nSPS) is 10.6. The van der Waals surface area contributed by atoms with Crippen LogP contribution in [0.15, 0.2) is 18.2 Å². The van der Waals surface area contributed by atoms with Gasteiger partial charge in [0.2, 0.25) is 5.91 Å². The van der Waals surface area contributed by atoms with E-state index in [2.05, 4.69) is 12.2 Å². The fraction of sp³-hybridized carbons (Fsp3) is 0.462. The van der Waals surface area contributed by atoms with Gasteiger partial charge < -0.3 is 11.1 Å². The van der Waals surface area contributed by atoms with Crippen LogP contribution in [0.5, 0.6) is 0 Å². The number of hydrogen-bond acceptors (Lipinski definition) is 3. The molecule has 0 unspecified atom stereocenters. The Balaban J connectivity index is 2.53. The molecule has 0 fully saturated rings. The van der Waals surface area contributed by atoms with Gasteiger partial charge in [-0.2, -0.15) is 0 Å². The molecule has 0 spiro atoms. The Bertz CT molecular complexity index is 390. The third-order valence-corrected chi connectivity index (χ3v) is 2.58. The standard InChI is InChI=1S/C13H21N3O/c1-4-7-16(3)9-13(17)15-11-6-5-10(2)12(14)8-11/h5-6,8H,4,7,9,14H2,1-3H3,(H,15,17). The van der Waals surface area contributed by atoms with Crippen molar-refractivity contribution in [1.82, 2.24) is 4.90 Å². The summed E-state index contributed by atoms with van der Waals surface area (Å²) >= 11 is 0. The van der Waals surface area contributed by atoms with Gasteiger partial charge in [0.1, 0.15) is 0 Å². The van der Waals surface area contributed by atoms with Crippen molar-refractivity contribution in [3.63, 3.8) is 0 Å². The van der Waals surface area contributed by atoms with Crippen molar-refractivity contribution in [2.75, 3.05) is 31.2 Å². The smallest absolute Gasteiger partial charge is 0.238 e. The lowest BCUT2D eigenvalue weighted by Crippen LogP contribution is -2.30. The third kappa shape index (κ3) is 4.44. The van der Waals surface area contributed by atoms with Crippen LogP contribution in [0.1, 0.15) is 18.9 Å². The van der Waals surface area contributed by atoms with Crippen LogP contribution in [-0.2, 0) is 4.79 Å². The highest BCUT2D eigenvalue weighted by molar-refractivity contribution is 5.92. The largest absolute Gasteiger partial charge is 0.398 e. The number of carbonyl (C=O) groups excluding carboxylic acids is 1. The molecule has 0 saturated heterocycles. The first-order valence-electron chi connectivity index (χ1n) is 5.87. The molecule has 1 amide bonds. The third-order valence-electron chi connectivity index (χ3n) is 2.58. The molecule has 1 aromatic carbocycles. The van der Waals surface area contributed by atoms with E-state index in [1.54, 1.807) is 6.07 Å². The van der Waals surface area contributed by atoms with Crippen molar-refractivity contribution in [2.24, 2.45) is 0 Å². The molecule has 0 saturated carbocycles. The number of rotatable bonds is 5. The van der Waals surface area contributed by atoms with Crippen molar-refractivity contribution in [2.45, 2.75) is 20.3 Å². The maximum atomic E-state index is 11.7. The minimum Gasteiger partial charge on any atom is -0.398 e. The van der Waals surface area contributed by atoms with Crippen molar-refractivity contribution in [1.29, 1.82) is 0 Å². The van der Waals surface area contributed by atoms with Gasteiger partial charge in [-0.1, -0.05) is 13.0 Å². The topological polar surface area (TPSA) is 58.4 Å². The van der Waals surface area contributed by atoms with Crippen LogP contribution in [0, 0.1) is 6.92 Å². The second-order valence-electron chi connectivity index (χ2n) is 4.36. The second kappa shape index (κ2) is 6.25. The maximum Gasteiger partial charge on any atom is 0.238 e. The quantitative estimate of drug-likeness (QED) is 0.766. The van der Waals surface area contributed by atoms with Crippen LogP contribution in [0.25, 0.3) is 0 Å². The summed E-state index contributed by atoms with van der Waals surface area (Å²) < 4.78 is 0. The number of aryl methyl sites for hydroxylation is 1. The van der Waals surface area contributed by atoms with E-state index in [0.29, 0.717) is 12.2 Å². The zero-order valence-electron chi connectivity index (χ0n) is 10.8. The Hall–Kier alpha value is -1.55. The van der Waals surface area contributed by atoms with E-state index < -0.39 is 0 Å². The van der Waals surface area contributed by atoms with Crippen LogP contribution in [0.2, 0.25) is 0 Å². The average molecular weight is 235 g/mol. The van der Waals surface area contributed by atoms with Crippen molar-refractivity contribution in [3.8, 4) is 0 Å². The average Bonchev–Trinajstić information content (AvgIpc) is 2.23. The maximum absolute atomic E-state index is 11.7.